The number of piperidine rings is 1. The predicted molar refractivity (Wildman–Crippen MR) is 97.8 cm³/mol. The van der Waals surface area contributed by atoms with Crippen molar-refractivity contribution in [1.29, 1.82) is 0 Å². The number of aromatic nitrogens is 1. The van der Waals surface area contributed by atoms with Gasteiger partial charge < -0.3 is 10.6 Å². The Morgan fingerprint density at radius 3 is 2.40 bits per heavy atom. The third-order valence-corrected chi connectivity index (χ3v) is 5.97. The monoisotopic (exact) mass is 368 g/mol. The van der Waals surface area contributed by atoms with Crippen LogP contribution in [0.3, 0.4) is 0 Å². The average Bonchev–Trinajstić information content (AvgIpc) is 2.59. The van der Waals surface area contributed by atoms with Gasteiger partial charge in [0.05, 0.1) is 0 Å². The van der Waals surface area contributed by atoms with Crippen molar-refractivity contribution in [2.75, 3.05) is 31.5 Å². The Kier molecular flexibility index (Phi) is 6.40. The van der Waals surface area contributed by atoms with Crippen LogP contribution in [0.1, 0.15) is 40.0 Å². The molecule has 1 amide bonds. The lowest BCUT2D eigenvalue weighted by molar-refractivity contribution is -0.128. The maximum Gasteiger partial charge on any atom is 0.244 e. The molecule has 0 atom stereocenters. The van der Waals surface area contributed by atoms with Crippen molar-refractivity contribution >= 4 is 21.7 Å². The summed E-state index contributed by atoms with van der Waals surface area (Å²) < 4.78 is 26.6. The number of anilines is 1. The van der Waals surface area contributed by atoms with Gasteiger partial charge in [-0.2, -0.15) is 4.31 Å². The number of hydrogen-bond donors (Lipinski definition) is 2. The van der Waals surface area contributed by atoms with Gasteiger partial charge in [0.1, 0.15) is 10.7 Å². The van der Waals surface area contributed by atoms with E-state index in [0.717, 1.165) is 19.3 Å². The van der Waals surface area contributed by atoms with Gasteiger partial charge in [0.2, 0.25) is 15.9 Å². The summed E-state index contributed by atoms with van der Waals surface area (Å²) in [7, 11) is -3.45. The van der Waals surface area contributed by atoms with Gasteiger partial charge in [-0.25, -0.2) is 13.4 Å². The lowest BCUT2D eigenvalue weighted by atomic mass is 9.96. The first kappa shape index (κ1) is 19.7. The fourth-order valence-electron chi connectivity index (χ4n) is 2.52. The Bertz CT molecular complexity index is 675. The zero-order valence-corrected chi connectivity index (χ0v) is 16.0. The Balaban J connectivity index is 1.86. The lowest BCUT2D eigenvalue weighted by Gasteiger charge is -2.25. The smallest absolute Gasteiger partial charge is 0.244 e. The molecule has 1 aliphatic rings. The lowest BCUT2D eigenvalue weighted by Crippen LogP contribution is -2.37. The second-order valence-corrected chi connectivity index (χ2v) is 9.21. The SMILES string of the molecule is CC(C)(C)C(=O)NCCNc1ccc(S(=O)(=O)N2CCCCC2)cn1. The fourth-order valence-corrected chi connectivity index (χ4v) is 3.99. The number of carbonyl (C=O) groups excluding carboxylic acids is 1. The van der Waals surface area contributed by atoms with Crippen LogP contribution in [0.15, 0.2) is 23.2 Å². The van der Waals surface area contributed by atoms with Gasteiger partial charge in [0, 0.05) is 37.8 Å². The molecule has 0 spiro atoms. The van der Waals surface area contributed by atoms with Crippen molar-refractivity contribution < 1.29 is 13.2 Å². The highest BCUT2D eigenvalue weighted by molar-refractivity contribution is 7.89. The van der Waals surface area contributed by atoms with Crippen LogP contribution in [-0.4, -0.2) is 49.8 Å². The maximum absolute atomic E-state index is 12.5. The van der Waals surface area contributed by atoms with Crippen LogP contribution in [0.2, 0.25) is 0 Å². The van der Waals surface area contributed by atoms with Crippen LogP contribution in [0, 0.1) is 5.41 Å². The molecule has 1 saturated heterocycles. The van der Waals surface area contributed by atoms with E-state index in [4.69, 9.17) is 0 Å². The molecule has 2 rings (SSSR count). The summed E-state index contributed by atoms with van der Waals surface area (Å²) in [5.74, 6) is 0.577. The predicted octanol–water partition coefficient (Wildman–Crippen LogP) is 1.83. The first-order chi connectivity index (χ1) is 11.7. The van der Waals surface area contributed by atoms with E-state index < -0.39 is 15.4 Å². The summed E-state index contributed by atoms with van der Waals surface area (Å²) in [4.78, 5) is 16.2. The molecular formula is C17H28N4O3S. The zero-order chi connectivity index (χ0) is 18.5. The first-order valence-corrected chi connectivity index (χ1v) is 10.1. The van der Waals surface area contributed by atoms with Crippen molar-refractivity contribution in [2.45, 2.75) is 44.9 Å². The van der Waals surface area contributed by atoms with Gasteiger partial charge in [-0.3, -0.25) is 4.79 Å². The third-order valence-electron chi connectivity index (χ3n) is 4.09. The second-order valence-electron chi connectivity index (χ2n) is 7.28. The molecule has 8 heteroatoms. The van der Waals surface area contributed by atoms with E-state index in [1.165, 1.54) is 10.5 Å². The summed E-state index contributed by atoms with van der Waals surface area (Å²) in [6.45, 7) is 7.74. The Labute approximate surface area is 150 Å². The molecular weight excluding hydrogens is 340 g/mol. The molecule has 2 N–H and O–H groups in total. The van der Waals surface area contributed by atoms with Gasteiger partial charge in [-0.05, 0) is 25.0 Å². The number of amides is 1. The van der Waals surface area contributed by atoms with E-state index in [9.17, 15) is 13.2 Å². The summed E-state index contributed by atoms with van der Waals surface area (Å²) in [6.07, 6.45) is 4.29. The van der Waals surface area contributed by atoms with Crippen molar-refractivity contribution in [3.63, 3.8) is 0 Å². The molecule has 0 unspecified atom stereocenters. The quantitative estimate of drug-likeness (QED) is 0.748. The minimum Gasteiger partial charge on any atom is -0.368 e. The van der Waals surface area contributed by atoms with Gasteiger partial charge in [-0.15, -0.1) is 0 Å². The van der Waals surface area contributed by atoms with Crippen LogP contribution in [0.5, 0.6) is 0 Å². The van der Waals surface area contributed by atoms with Crippen molar-refractivity contribution in [2.24, 2.45) is 5.41 Å². The van der Waals surface area contributed by atoms with E-state index in [0.29, 0.717) is 32.0 Å². The number of nitrogens with zero attached hydrogens (tertiary/aromatic N) is 2. The average molecular weight is 369 g/mol. The maximum atomic E-state index is 12.5. The summed E-state index contributed by atoms with van der Waals surface area (Å²) in [5.41, 5.74) is -0.414. The molecule has 0 aromatic carbocycles. The molecule has 140 valence electrons. The molecule has 1 aromatic rings. The number of pyridine rings is 1. The number of sulfonamides is 1. The molecule has 0 aliphatic carbocycles. The van der Waals surface area contributed by atoms with Gasteiger partial charge in [0.15, 0.2) is 0 Å². The van der Waals surface area contributed by atoms with Crippen LogP contribution in [0.25, 0.3) is 0 Å². The molecule has 7 nitrogen and oxygen atoms in total. The molecule has 1 fully saturated rings. The highest BCUT2D eigenvalue weighted by Crippen LogP contribution is 2.20. The highest BCUT2D eigenvalue weighted by Gasteiger charge is 2.26. The van der Waals surface area contributed by atoms with E-state index >= 15 is 0 Å². The summed E-state index contributed by atoms with van der Waals surface area (Å²) >= 11 is 0. The van der Waals surface area contributed by atoms with Crippen LogP contribution in [-0.2, 0) is 14.8 Å². The van der Waals surface area contributed by atoms with Crippen molar-refractivity contribution in [1.82, 2.24) is 14.6 Å². The molecule has 25 heavy (non-hydrogen) atoms. The van der Waals surface area contributed by atoms with Crippen molar-refractivity contribution in [3.8, 4) is 0 Å². The van der Waals surface area contributed by atoms with Crippen LogP contribution >= 0.6 is 0 Å². The highest BCUT2D eigenvalue weighted by atomic mass is 32.2. The van der Waals surface area contributed by atoms with Crippen LogP contribution < -0.4 is 10.6 Å². The zero-order valence-electron chi connectivity index (χ0n) is 15.2. The van der Waals surface area contributed by atoms with E-state index in [1.54, 1.807) is 12.1 Å². The minimum absolute atomic E-state index is 0.00904. The van der Waals surface area contributed by atoms with Crippen LogP contribution in [0.4, 0.5) is 5.82 Å². The number of rotatable bonds is 6. The number of nitrogens with one attached hydrogen (secondary N) is 2. The van der Waals surface area contributed by atoms with Crippen molar-refractivity contribution in [3.05, 3.63) is 18.3 Å². The topological polar surface area (TPSA) is 91.4 Å². The van der Waals surface area contributed by atoms with E-state index in [1.807, 2.05) is 20.8 Å². The normalized spacial score (nSPS) is 16.4. The molecule has 1 aliphatic heterocycles. The fraction of sp³-hybridized carbons (Fsp3) is 0.647. The van der Waals surface area contributed by atoms with E-state index in [-0.39, 0.29) is 10.8 Å². The Morgan fingerprint density at radius 1 is 1.16 bits per heavy atom. The summed E-state index contributed by atoms with van der Waals surface area (Å²) in [5, 5.41) is 5.92. The standard InChI is InChI=1S/C17H28N4O3S/c1-17(2,3)16(22)19-10-9-18-15-8-7-14(13-20-15)25(23,24)21-11-5-4-6-12-21/h7-8,13H,4-6,9-12H2,1-3H3,(H,18,20)(H,19,22). The summed E-state index contributed by atoms with van der Waals surface area (Å²) in [6, 6.07) is 3.23. The van der Waals surface area contributed by atoms with Gasteiger partial charge in [-0.1, -0.05) is 27.2 Å². The molecule has 0 radical (unpaired) electrons. The van der Waals surface area contributed by atoms with E-state index in [2.05, 4.69) is 15.6 Å². The Morgan fingerprint density at radius 2 is 1.84 bits per heavy atom. The molecule has 0 bridgehead atoms. The molecule has 2 heterocycles. The number of carbonyl (C=O) groups is 1. The minimum atomic E-state index is -3.45. The largest absolute Gasteiger partial charge is 0.368 e. The van der Waals surface area contributed by atoms with Gasteiger partial charge in [0.25, 0.3) is 0 Å². The first-order valence-electron chi connectivity index (χ1n) is 8.69. The second kappa shape index (κ2) is 8.14. The third kappa shape index (κ3) is 5.40. The van der Waals surface area contributed by atoms with Gasteiger partial charge >= 0.3 is 0 Å². The molecule has 1 aromatic heterocycles. The number of hydrogen-bond acceptors (Lipinski definition) is 5. The Hall–Kier alpha value is -1.67. The molecule has 0 saturated carbocycles.